The predicted octanol–water partition coefficient (Wildman–Crippen LogP) is 2.04. The van der Waals surface area contributed by atoms with Gasteiger partial charge in [0, 0.05) is 30.9 Å². The van der Waals surface area contributed by atoms with E-state index < -0.39 is 0 Å². The molecule has 1 saturated carbocycles. The minimum absolute atomic E-state index is 0.0916. The number of aryl methyl sites for hydroxylation is 1. The average Bonchev–Trinajstić information content (AvgIpc) is 3.27. The van der Waals surface area contributed by atoms with Gasteiger partial charge in [-0.3, -0.25) is 4.79 Å². The Morgan fingerprint density at radius 1 is 1.43 bits per heavy atom. The van der Waals surface area contributed by atoms with Crippen molar-refractivity contribution in [2.24, 2.45) is 13.0 Å². The van der Waals surface area contributed by atoms with Gasteiger partial charge in [0.1, 0.15) is 17.6 Å². The summed E-state index contributed by atoms with van der Waals surface area (Å²) in [6.45, 7) is 0. The van der Waals surface area contributed by atoms with E-state index in [4.69, 9.17) is 4.74 Å². The van der Waals surface area contributed by atoms with Crippen molar-refractivity contribution < 1.29 is 9.53 Å². The fourth-order valence-electron chi connectivity index (χ4n) is 2.45. The quantitative estimate of drug-likeness (QED) is 0.914. The van der Waals surface area contributed by atoms with Gasteiger partial charge in [-0.25, -0.2) is 4.98 Å². The number of rotatable bonds is 5. The molecule has 0 radical (unpaired) electrons. The van der Waals surface area contributed by atoms with E-state index in [1.807, 2.05) is 42.1 Å². The van der Waals surface area contributed by atoms with Crippen LogP contribution in [0.3, 0.4) is 0 Å². The predicted molar refractivity (Wildman–Crippen MR) is 78.9 cm³/mol. The summed E-state index contributed by atoms with van der Waals surface area (Å²) in [6.07, 6.45) is 5.57. The van der Waals surface area contributed by atoms with E-state index in [1.54, 1.807) is 13.3 Å². The summed E-state index contributed by atoms with van der Waals surface area (Å²) in [6, 6.07) is 7.42. The zero-order valence-corrected chi connectivity index (χ0v) is 12.2. The number of aromatic nitrogens is 2. The largest absolute Gasteiger partial charge is 0.496 e. The first-order valence-electron chi connectivity index (χ1n) is 7.11. The summed E-state index contributed by atoms with van der Waals surface area (Å²) in [5, 5.41) is 3.11. The van der Waals surface area contributed by atoms with Crippen LogP contribution >= 0.6 is 0 Å². The number of benzene rings is 1. The molecule has 1 N–H and O–H groups in total. The Morgan fingerprint density at radius 3 is 2.81 bits per heavy atom. The number of hydrogen-bond acceptors (Lipinski definition) is 3. The third-order valence-corrected chi connectivity index (χ3v) is 3.80. The number of ether oxygens (including phenoxy) is 1. The molecule has 1 aromatic carbocycles. The molecule has 110 valence electrons. The molecule has 0 bridgehead atoms. The van der Waals surface area contributed by atoms with Gasteiger partial charge in [0.2, 0.25) is 5.91 Å². The topological polar surface area (TPSA) is 56.1 Å². The first-order chi connectivity index (χ1) is 10.2. The van der Waals surface area contributed by atoms with Crippen molar-refractivity contribution in [3.05, 3.63) is 48.0 Å². The summed E-state index contributed by atoms with van der Waals surface area (Å²) in [7, 11) is 3.56. The number of methoxy groups -OCH3 is 1. The van der Waals surface area contributed by atoms with Crippen molar-refractivity contribution in [1.82, 2.24) is 14.9 Å². The third kappa shape index (κ3) is 2.77. The lowest BCUT2D eigenvalue weighted by atomic mass is 10.0. The first kappa shape index (κ1) is 13.7. The van der Waals surface area contributed by atoms with Crippen molar-refractivity contribution >= 4 is 5.91 Å². The van der Waals surface area contributed by atoms with Crippen LogP contribution in [0.5, 0.6) is 5.75 Å². The highest BCUT2D eigenvalue weighted by Gasteiger charge is 2.33. The second-order valence-electron chi connectivity index (χ2n) is 5.35. The number of nitrogens with zero attached hydrogens (tertiary/aromatic N) is 2. The lowest BCUT2D eigenvalue weighted by Gasteiger charge is -2.21. The fraction of sp³-hybridized carbons (Fsp3) is 0.375. The molecule has 21 heavy (non-hydrogen) atoms. The lowest BCUT2D eigenvalue weighted by molar-refractivity contribution is -0.122. The maximum Gasteiger partial charge on any atom is 0.223 e. The maximum absolute atomic E-state index is 12.2. The Labute approximate surface area is 124 Å². The van der Waals surface area contributed by atoms with Gasteiger partial charge >= 0.3 is 0 Å². The summed E-state index contributed by atoms with van der Waals surface area (Å²) in [5.74, 6) is 1.80. The number of nitrogens with one attached hydrogen (secondary N) is 1. The summed E-state index contributed by atoms with van der Waals surface area (Å²) in [4.78, 5) is 16.6. The van der Waals surface area contributed by atoms with Gasteiger partial charge in [-0.05, 0) is 18.9 Å². The molecule has 1 aliphatic carbocycles. The molecule has 1 aliphatic rings. The average molecular weight is 285 g/mol. The summed E-state index contributed by atoms with van der Waals surface area (Å²) >= 11 is 0. The van der Waals surface area contributed by atoms with Crippen molar-refractivity contribution in [2.45, 2.75) is 18.9 Å². The van der Waals surface area contributed by atoms with Crippen LogP contribution in [0, 0.1) is 5.92 Å². The summed E-state index contributed by atoms with van der Waals surface area (Å²) in [5.41, 5.74) is 0.920. The minimum atomic E-state index is -0.297. The standard InChI is InChI=1S/C16H19N3O2/c1-19-10-9-17-15(19)14(18-16(20)11-7-8-11)12-5-3-4-6-13(12)21-2/h3-6,9-11,14H,7-8H2,1-2H3,(H,18,20)/t14-/m0/s1. The first-order valence-corrected chi connectivity index (χ1v) is 7.11. The van der Waals surface area contributed by atoms with E-state index in [0.717, 1.165) is 30.0 Å². The van der Waals surface area contributed by atoms with Crippen LogP contribution in [-0.2, 0) is 11.8 Å². The molecule has 3 rings (SSSR count). The highest BCUT2D eigenvalue weighted by molar-refractivity contribution is 5.81. The van der Waals surface area contributed by atoms with E-state index in [1.165, 1.54) is 0 Å². The molecular weight excluding hydrogens is 266 g/mol. The molecule has 5 heteroatoms. The normalized spacial score (nSPS) is 15.5. The van der Waals surface area contributed by atoms with Crippen LogP contribution in [0.25, 0.3) is 0 Å². The van der Waals surface area contributed by atoms with Crippen molar-refractivity contribution in [3.8, 4) is 5.75 Å². The number of para-hydroxylation sites is 1. The van der Waals surface area contributed by atoms with Crippen LogP contribution in [0.2, 0.25) is 0 Å². The molecule has 1 amide bonds. The van der Waals surface area contributed by atoms with Crippen LogP contribution < -0.4 is 10.1 Å². The highest BCUT2D eigenvalue weighted by Crippen LogP contribution is 2.33. The second-order valence-corrected chi connectivity index (χ2v) is 5.35. The molecule has 1 fully saturated rings. The van der Waals surface area contributed by atoms with E-state index in [9.17, 15) is 4.79 Å². The molecule has 2 aromatic rings. The Balaban J connectivity index is 1.98. The SMILES string of the molecule is COc1ccccc1[C@H](NC(=O)C1CC1)c1nccn1C. The summed E-state index contributed by atoms with van der Waals surface area (Å²) < 4.78 is 7.35. The van der Waals surface area contributed by atoms with Gasteiger partial charge in [0.25, 0.3) is 0 Å². The number of carbonyl (C=O) groups is 1. The number of carbonyl (C=O) groups excluding carboxylic acids is 1. The van der Waals surface area contributed by atoms with Crippen LogP contribution in [0.1, 0.15) is 30.3 Å². The number of imidazole rings is 1. The fourth-order valence-corrected chi connectivity index (χ4v) is 2.45. The smallest absolute Gasteiger partial charge is 0.223 e. The van der Waals surface area contributed by atoms with Gasteiger partial charge in [-0.1, -0.05) is 18.2 Å². The zero-order chi connectivity index (χ0) is 14.8. The maximum atomic E-state index is 12.2. The Bertz CT molecular complexity index is 646. The van der Waals surface area contributed by atoms with E-state index in [0.29, 0.717) is 0 Å². The molecule has 1 atom stereocenters. The van der Waals surface area contributed by atoms with E-state index in [-0.39, 0.29) is 17.9 Å². The molecule has 5 nitrogen and oxygen atoms in total. The van der Waals surface area contributed by atoms with Gasteiger partial charge in [-0.2, -0.15) is 0 Å². The Kier molecular flexibility index (Phi) is 3.64. The second kappa shape index (κ2) is 5.60. The zero-order valence-electron chi connectivity index (χ0n) is 12.2. The number of amides is 1. The molecule has 0 unspecified atom stereocenters. The monoisotopic (exact) mass is 285 g/mol. The molecule has 0 saturated heterocycles. The van der Waals surface area contributed by atoms with Crippen LogP contribution in [0.15, 0.2) is 36.7 Å². The van der Waals surface area contributed by atoms with Crippen LogP contribution in [-0.4, -0.2) is 22.6 Å². The Morgan fingerprint density at radius 2 is 2.19 bits per heavy atom. The molecule has 0 aliphatic heterocycles. The molecule has 0 spiro atoms. The molecular formula is C16H19N3O2. The van der Waals surface area contributed by atoms with E-state index in [2.05, 4.69) is 10.3 Å². The van der Waals surface area contributed by atoms with Gasteiger partial charge in [-0.15, -0.1) is 0 Å². The lowest BCUT2D eigenvalue weighted by Crippen LogP contribution is -2.32. The minimum Gasteiger partial charge on any atom is -0.496 e. The van der Waals surface area contributed by atoms with Crippen molar-refractivity contribution in [3.63, 3.8) is 0 Å². The van der Waals surface area contributed by atoms with Crippen molar-refractivity contribution in [2.75, 3.05) is 7.11 Å². The van der Waals surface area contributed by atoms with Gasteiger partial charge in [0.05, 0.1) is 7.11 Å². The number of hydrogen-bond donors (Lipinski definition) is 1. The molecule has 1 aromatic heterocycles. The third-order valence-electron chi connectivity index (χ3n) is 3.80. The van der Waals surface area contributed by atoms with Crippen LogP contribution in [0.4, 0.5) is 0 Å². The highest BCUT2D eigenvalue weighted by atomic mass is 16.5. The van der Waals surface area contributed by atoms with Gasteiger partial charge in [0.15, 0.2) is 0 Å². The van der Waals surface area contributed by atoms with E-state index >= 15 is 0 Å². The molecule has 1 heterocycles. The Hall–Kier alpha value is -2.30. The van der Waals surface area contributed by atoms with Gasteiger partial charge < -0.3 is 14.6 Å². The van der Waals surface area contributed by atoms with Crippen molar-refractivity contribution in [1.29, 1.82) is 0 Å².